The fourth-order valence-corrected chi connectivity index (χ4v) is 4.04. The molecule has 0 bridgehead atoms. The van der Waals surface area contributed by atoms with E-state index in [1.165, 1.54) is 0 Å². The first kappa shape index (κ1) is 15.3. The summed E-state index contributed by atoms with van der Waals surface area (Å²) in [4.78, 5) is 0.357. The van der Waals surface area contributed by atoms with E-state index >= 15 is 0 Å². The molecule has 1 heterocycles. The van der Waals surface area contributed by atoms with E-state index in [9.17, 15) is 8.42 Å². The minimum absolute atomic E-state index is 0.357. The second kappa shape index (κ2) is 6.59. The van der Waals surface area contributed by atoms with Crippen LogP contribution in [0.2, 0.25) is 0 Å². The maximum absolute atomic E-state index is 12.5. The molecule has 0 saturated carbocycles. The van der Waals surface area contributed by atoms with Gasteiger partial charge in [-0.25, -0.2) is 8.42 Å². The van der Waals surface area contributed by atoms with Crippen molar-refractivity contribution in [2.24, 2.45) is 5.92 Å². The zero-order valence-corrected chi connectivity index (χ0v) is 13.0. The molecule has 1 saturated heterocycles. The van der Waals surface area contributed by atoms with Crippen LogP contribution in [-0.4, -0.2) is 32.4 Å². The zero-order valence-electron chi connectivity index (χ0n) is 12.2. The molecule has 0 aromatic heterocycles. The molecule has 1 aliphatic rings. The van der Waals surface area contributed by atoms with Crippen molar-refractivity contribution in [2.45, 2.75) is 38.0 Å². The average Bonchev–Trinajstić information content (AvgIpc) is 2.45. The number of hydrogen-bond acceptors (Lipinski definition) is 3. The van der Waals surface area contributed by atoms with Crippen molar-refractivity contribution in [1.29, 1.82) is 0 Å². The minimum atomic E-state index is -3.35. The van der Waals surface area contributed by atoms with Crippen molar-refractivity contribution >= 4 is 10.0 Å². The molecule has 1 fully saturated rings. The van der Waals surface area contributed by atoms with Crippen molar-refractivity contribution < 1.29 is 13.2 Å². The molecule has 1 aromatic carbocycles. The highest BCUT2D eigenvalue weighted by atomic mass is 32.2. The van der Waals surface area contributed by atoms with Gasteiger partial charge in [0.2, 0.25) is 10.0 Å². The summed E-state index contributed by atoms with van der Waals surface area (Å²) in [6.07, 6.45) is 2.99. The van der Waals surface area contributed by atoms with E-state index in [2.05, 4.69) is 6.92 Å². The fourth-order valence-electron chi connectivity index (χ4n) is 2.44. The van der Waals surface area contributed by atoms with Crippen LogP contribution in [0.15, 0.2) is 29.2 Å². The first-order chi connectivity index (χ1) is 9.54. The van der Waals surface area contributed by atoms with E-state index in [0.717, 1.165) is 25.0 Å². The van der Waals surface area contributed by atoms with Crippen molar-refractivity contribution in [3.8, 4) is 5.75 Å². The summed E-state index contributed by atoms with van der Waals surface area (Å²) in [5.41, 5.74) is 0. The van der Waals surface area contributed by atoms with Gasteiger partial charge in [-0.15, -0.1) is 0 Å². The van der Waals surface area contributed by atoms with Crippen LogP contribution in [0.5, 0.6) is 5.75 Å². The number of sulfonamides is 1. The third-order valence-corrected chi connectivity index (χ3v) is 5.43. The van der Waals surface area contributed by atoms with Gasteiger partial charge in [0.1, 0.15) is 5.75 Å². The molecule has 2 rings (SSSR count). The Balaban J connectivity index is 2.12. The van der Waals surface area contributed by atoms with E-state index in [1.54, 1.807) is 28.6 Å². The molecule has 20 heavy (non-hydrogen) atoms. The van der Waals surface area contributed by atoms with Gasteiger partial charge in [0.05, 0.1) is 11.5 Å². The summed E-state index contributed by atoms with van der Waals surface area (Å²) in [5.74, 6) is 1.16. The molecule has 5 heteroatoms. The van der Waals surface area contributed by atoms with Gasteiger partial charge < -0.3 is 4.74 Å². The second-order valence-electron chi connectivity index (χ2n) is 5.43. The molecule has 1 aliphatic heterocycles. The van der Waals surface area contributed by atoms with Crippen molar-refractivity contribution in [3.05, 3.63) is 24.3 Å². The predicted octanol–water partition coefficient (Wildman–Crippen LogP) is 2.90. The normalized spacial score (nSPS) is 20.8. The van der Waals surface area contributed by atoms with E-state index in [0.29, 0.717) is 30.5 Å². The Bertz CT molecular complexity index is 525. The van der Waals surface area contributed by atoms with Gasteiger partial charge in [-0.3, -0.25) is 0 Å². The summed E-state index contributed by atoms with van der Waals surface area (Å²) < 4.78 is 32.2. The molecule has 0 radical (unpaired) electrons. The Morgan fingerprint density at radius 3 is 2.60 bits per heavy atom. The summed E-state index contributed by atoms with van der Waals surface area (Å²) in [5, 5.41) is 0. The Morgan fingerprint density at radius 1 is 1.30 bits per heavy atom. The third-order valence-electron chi connectivity index (χ3n) is 3.55. The molecule has 0 N–H and O–H groups in total. The van der Waals surface area contributed by atoms with Gasteiger partial charge in [-0.1, -0.05) is 13.8 Å². The number of hydrogen-bond donors (Lipinski definition) is 0. The number of ether oxygens (including phenoxy) is 1. The lowest BCUT2D eigenvalue weighted by Gasteiger charge is -2.30. The molecular weight excluding hydrogens is 274 g/mol. The number of rotatable bonds is 5. The van der Waals surface area contributed by atoms with Crippen LogP contribution in [0.4, 0.5) is 0 Å². The monoisotopic (exact) mass is 297 g/mol. The van der Waals surface area contributed by atoms with Crippen LogP contribution in [0.1, 0.15) is 33.1 Å². The highest BCUT2D eigenvalue weighted by molar-refractivity contribution is 7.89. The minimum Gasteiger partial charge on any atom is -0.494 e. The quantitative estimate of drug-likeness (QED) is 0.839. The van der Waals surface area contributed by atoms with E-state index in [-0.39, 0.29) is 0 Å². The van der Waals surface area contributed by atoms with Crippen molar-refractivity contribution in [1.82, 2.24) is 4.31 Å². The molecular formula is C15H23NO3S. The first-order valence-corrected chi connectivity index (χ1v) is 8.71. The lowest BCUT2D eigenvalue weighted by atomic mass is 10.0. The smallest absolute Gasteiger partial charge is 0.243 e. The average molecular weight is 297 g/mol. The van der Waals surface area contributed by atoms with Crippen LogP contribution >= 0.6 is 0 Å². The van der Waals surface area contributed by atoms with Gasteiger partial charge in [0.15, 0.2) is 0 Å². The Hall–Kier alpha value is -1.07. The van der Waals surface area contributed by atoms with E-state index in [1.807, 2.05) is 6.92 Å². The van der Waals surface area contributed by atoms with Crippen LogP contribution < -0.4 is 4.74 Å². The van der Waals surface area contributed by atoms with Crippen LogP contribution in [0.3, 0.4) is 0 Å². The molecule has 4 nitrogen and oxygen atoms in total. The second-order valence-corrected chi connectivity index (χ2v) is 7.37. The zero-order chi connectivity index (χ0) is 14.6. The maximum Gasteiger partial charge on any atom is 0.243 e. The molecule has 0 aliphatic carbocycles. The molecule has 1 aromatic rings. The van der Waals surface area contributed by atoms with Gasteiger partial charge in [0, 0.05) is 13.1 Å². The number of nitrogens with zero attached hydrogens (tertiary/aromatic N) is 1. The Labute approximate surface area is 121 Å². The number of benzene rings is 1. The van der Waals surface area contributed by atoms with Crippen molar-refractivity contribution in [2.75, 3.05) is 19.7 Å². The van der Waals surface area contributed by atoms with Crippen LogP contribution in [0.25, 0.3) is 0 Å². The predicted molar refractivity (Wildman–Crippen MR) is 79.4 cm³/mol. The van der Waals surface area contributed by atoms with E-state index in [4.69, 9.17) is 4.74 Å². The topological polar surface area (TPSA) is 46.6 Å². The summed E-state index contributed by atoms with van der Waals surface area (Å²) >= 11 is 0. The number of piperidine rings is 1. The molecule has 0 amide bonds. The first-order valence-electron chi connectivity index (χ1n) is 7.27. The van der Waals surface area contributed by atoms with Gasteiger partial charge in [0.25, 0.3) is 0 Å². The van der Waals surface area contributed by atoms with Gasteiger partial charge in [-0.2, -0.15) is 4.31 Å². The van der Waals surface area contributed by atoms with E-state index < -0.39 is 10.0 Å². The molecule has 1 atom stereocenters. The Kier molecular flexibility index (Phi) is 5.05. The Morgan fingerprint density at radius 2 is 2.00 bits per heavy atom. The summed E-state index contributed by atoms with van der Waals surface area (Å²) in [6, 6.07) is 6.74. The van der Waals surface area contributed by atoms with Crippen molar-refractivity contribution in [3.63, 3.8) is 0 Å². The highest BCUT2D eigenvalue weighted by Gasteiger charge is 2.28. The lowest BCUT2D eigenvalue weighted by Crippen LogP contribution is -2.39. The lowest BCUT2D eigenvalue weighted by molar-refractivity contribution is 0.281. The van der Waals surface area contributed by atoms with Crippen LogP contribution in [-0.2, 0) is 10.0 Å². The molecule has 0 spiro atoms. The SMILES string of the molecule is CCCOc1ccc(S(=O)(=O)N2CCC[C@@H](C)C2)cc1. The van der Waals surface area contributed by atoms with Crippen LogP contribution in [0, 0.1) is 5.92 Å². The largest absolute Gasteiger partial charge is 0.494 e. The standard InChI is InChI=1S/C15H23NO3S/c1-3-11-19-14-6-8-15(9-7-14)20(17,18)16-10-4-5-13(2)12-16/h6-9,13H,3-5,10-12H2,1-2H3/t13-/m1/s1. The highest BCUT2D eigenvalue weighted by Crippen LogP contribution is 2.24. The molecule has 0 unspecified atom stereocenters. The molecule has 112 valence electrons. The maximum atomic E-state index is 12.5. The summed E-state index contributed by atoms with van der Waals surface area (Å²) in [7, 11) is -3.35. The third kappa shape index (κ3) is 3.52. The van der Waals surface area contributed by atoms with Gasteiger partial charge >= 0.3 is 0 Å². The fraction of sp³-hybridized carbons (Fsp3) is 0.600. The summed E-state index contributed by atoms with van der Waals surface area (Å²) in [6.45, 7) is 6.03. The van der Waals surface area contributed by atoms with Gasteiger partial charge in [-0.05, 0) is 49.4 Å².